The first kappa shape index (κ1) is 12.3. The highest BCUT2D eigenvalue weighted by molar-refractivity contribution is 6.30. The van der Waals surface area contributed by atoms with E-state index in [0.29, 0.717) is 0 Å². The molecule has 1 aromatic carbocycles. The number of hydrogen-bond donors (Lipinski definition) is 2. The molecule has 0 saturated carbocycles. The van der Waals surface area contributed by atoms with Crippen molar-refractivity contribution >= 4 is 17.6 Å². The molecule has 6 heteroatoms. The van der Waals surface area contributed by atoms with Crippen LogP contribution in [-0.2, 0) is 4.79 Å². The Morgan fingerprint density at radius 1 is 1.47 bits per heavy atom. The van der Waals surface area contributed by atoms with Gasteiger partial charge in [0.1, 0.15) is 16.7 Å². The molecule has 0 spiro atoms. The van der Waals surface area contributed by atoms with Gasteiger partial charge in [-0.05, 0) is 12.5 Å². The molecule has 17 heavy (non-hydrogen) atoms. The minimum absolute atomic E-state index is 0.208. The molecule has 2 unspecified atom stereocenters. The zero-order valence-electron chi connectivity index (χ0n) is 8.71. The lowest BCUT2D eigenvalue weighted by Crippen LogP contribution is -2.17. The molecule has 1 saturated heterocycles. The van der Waals surface area contributed by atoms with Gasteiger partial charge >= 0.3 is 5.97 Å². The van der Waals surface area contributed by atoms with Crippen LogP contribution in [0.4, 0.5) is 8.78 Å². The van der Waals surface area contributed by atoms with Gasteiger partial charge in [-0.3, -0.25) is 4.79 Å². The highest BCUT2D eigenvalue weighted by Crippen LogP contribution is 2.32. The molecule has 2 atom stereocenters. The van der Waals surface area contributed by atoms with Crippen molar-refractivity contribution in [3.8, 4) is 0 Å². The Bertz CT molecular complexity index is 467. The van der Waals surface area contributed by atoms with Crippen LogP contribution in [0.3, 0.4) is 0 Å². The largest absolute Gasteiger partial charge is 0.481 e. The van der Waals surface area contributed by atoms with Crippen molar-refractivity contribution in [3.05, 3.63) is 34.4 Å². The van der Waals surface area contributed by atoms with Crippen LogP contribution in [0.2, 0.25) is 5.02 Å². The summed E-state index contributed by atoms with van der Waals surface area (Å²) in [5.41, 5.74) is 0.208. The summed E-state index contributed by atoms with van der Waals surface area (Å²) in [6.07, 6.45) is 0.272. The fourth-order valence-corrected chi connectivity index (χ4v) is 2.14. The minimum Gasteiger partial charge on any atom is -0.481 e. The molecular formula is C11H10ClF2NO2. The van der Waals surface area contributed by atoms with Crippen LogP contribution in [0.5, 0.6) is 0 Å². The third kappa shape index (κ3) is 2.25. The molecule has 1 aromatic rings. The van der Waals surface area contributed by atoms with Gasteiger partial charge in [0.05, 0.1) is 5.92 Å². The molecular weight excluding hydrogens is 252 g/mol. The van der Waals surface area contributed by atoms with Gasteiger partial charge in [0.2, 0.25) is 0 Å². The fraction of sp³-hybridized carbons (Fsp3) is 0.364. The summed E-state index contributed by atoms with van der Waals surface area (Å²) in [7, 11) is 0. The van der Waals surface area contributed by atoms with Gasteiger partial charge in [-0.15, -0.1) is 0 Å². The Labute approximate surface area is 101 Å². The second-order valence-corrected chi connectivity index (χ2v) is 4.37. The third-order valence-corrected chi connectivity index (χ3v) is 3.27. The Morgan fingerprint density at radius 2 is 2.18 bits per heavy atom. The summed E-state index contributed by atoms with van der Waals surface area (Å²) in [4.78, 5) is 10.8. The minimum atomic E-state index is -0.923. The molecule has 92 valence electrons. The average molecular weight is 262 g/mol. The molecule has 0 aliphatic carbocycles. The van der Waals surface area contributed by atoms with Crippen LogP contribution < -0.4 is 5.32 Å². The Kier molecular flexibility index (Phi) is 3.31. The molecule has 1 heterocycles. The Hall–Kier alpha value is -1.20. The molecule has 0 aromatic heterocycles. The molecule has 0 bridgehead atoms. The number of rotatable bonds is 2. The smallest absolute Gasteiger partial charge is 0.307 e. The standard InChI is InChI=1S/C11H10ClF2NO2/c12-9-7(13)2-1-6(10(9)14)8-3-5(4-15-8)11(16)17/h1-2,5,8,15H,3-4H2,(H,16,17). The molecule has 0 radical (unpaired) electrons. The second kappa shape index (κ2) is 4.58. The Morgan fingerprint density at radius 3 is 2.76 bits per heavy atom. The third-order valence-electron chi connectivity index (χ3n) is 2.92. The van der Waals surface area contributed by atoms with E-state index in [1.807, 2.05) is 0 Å². The SMILES string of the molecule is O=C(O)C1CNC(c2ccc(F)c(Cl)c2F)C1. The zero-order chi connectivity index (χ0) is 12.6. The molecule has 3 nitrogen and oxygen atoms in total. The van der Waals surface area contributed by atoms with E-state index in [1.165, 1.54) is 6.07 Å². The van der Waals surface area contributed by atoms with Crippen LogP contribution in [0.1, 0.15) is 18.0 Å². The van der Waals surface area contributed by atoms with Gasteiger partial charge < -0.3 is 10.4 Å². The maximum atomic E-state index is 13.7. The van der Waals surface area contributed by atoms with Gasteiger partial charge in [-0.25, -0.2) is 8.78 Å². The summed E-state index contributed by atoms with van der Waals surface area (Å²) < 4.78 is 26.6. The highest BCUT2D eigenvalue weighted by Gasteiger charge is 2.32. The molecule has 2 N–H and O–H groups in total. The average Bonchev–Trinajstić information content (AvgIpc) is 2.75. The first-order valence-electron chi connectivity index (χ1n) is 5.10. The van der Waals surface area contributed by atoms with E-state index in [1.54, 1.807) is 0 Å². The van der Waals surface area contributed by atoms with E-state index < -0.39 is 34.6 Å². The summed E-state index contributed by atoms with van der Waals surface area (Å²) in [5, 5.41) is 11.2. The number of carbonyl (C=O) groups is 1. The highest BCUT2D eigenvalue weighted by atomic mass is 35.5. The number of nitrogens with one attached hydrogen (secondary N) is 1. The molecule has 1 aliphatic heterocycles. The van der Waals surface area contributed by atoms with E-state index in [-0.39, 0.29) is 18.5 Å². The summed E-state index contributed by atoms with van der Waals surface area (Å²) >= 11 is 5.47. The van der Waals surface area contributed by atoms with Crippen molar-refractivity contribution in [2.75, 3.05) is 6.54 Å². The van der Waals surface area contributed by atoms with Crippen molar-refractivity contribution in [1.29, 1.82) is 0 Å². The lowest BCUT2D eigenvalue weighted by molar-refractivity contribution is -0.141. The number of halogens is 3. The summed E-state index contributed by atoms with van der Waals surface area (Å²) in [6.45, 7) is 0.272. The van der Waals surface area contributed by atoms with E-state index in [2.05, 4.69) is 5.32 Å². The first-order valence-corrected chi connectivity index (χ1v) is 5.48. The predicted molar refractivity (Wildman–Crippen MR) is 57.9 cm³/mol. The van der Waals surface area contributed by atoms with Crippen molar-refractivity contribution in [3.63, 3.8) is 0 Å². The van der Waals surface area contributed by atoms with Gasteiger partial charge in [0.15, 0.2) is 0 Å². The first-order chi connectivity index (χ1) is 8.00. The van der Waals surface area contributed by atoms with Crippen molar-refractivity contribution < 1.29 is 18.7 Å². The molecule has 0 amide bonds. The Balaban J connectivity index is 2.25. The lowest BCUT2D eigenvalue weighted by Gasteiger charge is -2.12. The van der Waals surface area contributed by atoms with E-state index in [4.69, 9.17) is 16.7 Å². The number of aliphatic carboxylic acids is 1. The summed E-state index contributed by atoms with van der Waals surface area (Å²) in [6, 6.07) is 1.93. The predicted octanol–water partition coefficient (Wildman–Crippen LogP) is 2.35. The van der Waals surface area contributed by atoms with E-state index in [9.17, 15) is 13.6 Å². The van der Waals surface area contributed by atoms with Gasteiger partial charge in [0.25, 0.3) is 0 Å². The number of carboxylic acids is 1. The summed E-state index contributed by atoms with van der Waals surface area (Å²) in [5.74, 6) is -3.12. The maximum Gasteiger partial charge on any atom is 0.307 e. The second-order valence-electron chi connectivity index (χ2n) is 4.00. The number of carboxylic acid groups (broad SMARTS) is 1. The van der Waals surface area contributed by atoms with Crippen LogP contribution >= 0.6 is 11.6 Å². The molecule has 2 rings (SSSR count). The quantitative estimate of drug-likeness (QED) is 0.804. The normalized spacial score (nSPS) is 23.9. The van der Waals surface area contributed by atoms with Crippen LogP contribution in [-0.4, -0.2) is 17.6 Å². The molecule has 1 aliphatic rings. The molecule has 1 fully saturated rings. The van der Waals surface area contributed by atoms with Gasteiger partial charge in [-0.1, -0.05) is 17.7 Å². The lowest BCUT2D eigenvalue weighted by atomic mass is 10.00. The number of hydrogen-bond acceptors (Lipinski definition) is 2. The van der Waals surface area contributed by atoms with Crippen LogP contribution in [0.15, 0.2) is 12.1 Å². The van der Waals surface area contributed by atoms with Crippen LogP contribution in [0, 0.1) is 17.6 Å². The monoisotopic (exact) mass is 261 g/mol. The van der Waals surface area contributed by atoms with Crippen molar-refractivity contribution in [2.24, 2.45) is 5.92 Å². The topological polar surface area (TPSA) is 49.3 Å². The van der Waals surface area contributed by atoms with E-state index in [0.717, 1.165) is 6.07 Å². The number of benzene rings is 1. The fourth-order valence-electron chi connectivity index (χ4n) is 1.97. The van der Waals surface area contributed by atoms with Crippen molar-refractivity contribution in [2.45, 2.75) is 12.5 Å². The maximum absolute atomic E-state index is 13.7. The van der Waals surface area contributed by atoms with Crippen molar-refractivity contribution in [1.82, 2.24) is 5.32 Å². The van der Waals surface area contributed by atoms with Gasteiger partial charge in [-0.2, -0.15) is 0 Å². The zero-order valence-corrected chi connectivity index (χ0v) is 9.47. The van der Waals surface area contributed by atoms with Crippen LogP contribution in [0.25, 0.3) is 0 Å². The van der Waals surface area contributed by atoms with E-state index >= 15 is 0 Å². The van der Waals surface area contributed by atoms with Gasteiger partial charge in [0, 0.05) is 18.2 Å².